The van der Waals surface area contributed by atoms with Gasteiger partial charge in [0.2, 0.25) is 0 Å². The van der Waals surface area contributed by atoms with E-state index >= 15 is 0 Å². The largest absolute Gasteiger partial charge is 0.345 e. The third kappa shape index (κ3) is 4.42. The van der Waals surface area contributed by atoms with Gasteiger partial charge in [-0.1, -0.05) is 0 Å². The molecule has 1 N–H and O–H groups in total. The number of carbonyl (C=O) groups is 1. The lowest BCUT2D eigenvalue weighted by Gasteiger charge is -2.17. The minimum Gasteiger partial charge on any atom is -0.345 e. The van der Waals surface area contributed by atoms with E-state index in [9.17, 15) is 17.6 Å². The summed E-state index contributed by atoms with van der Waals surface area (Å²) in [6.07, 6.45) is 0. The fourth-order valence-corrected chi connectivity index (χ4v) is 5.96. The minimum atomic E-state index is -3.92. The summed E-state index contributed by atoms with van der Waals surface area (Å²) in [5.74, 6) is -0.513. The van der Waals surface area contributed by atoms with Crippen LogP contribution in [0.3, 0.4) is 0 Å². The van der Waals surface area contributed by atoms with E-state index in [1.807, 2.05) is 13.8 Å². The molecule has 0 aliphatic heterocycles. The van der Waals surface area contributed by atoms with E-state index < -0.39 is 15.8 Å². The third-order valence-electron chi connectivity index (χ3n) is 5.47. The number of nitrogens with one attached hydrogen (secondary N) is 1. The topological polar surface area (TPSA) is 84.3 Å². The zero-order valence-electron chi connectivity index (χ0n) is 19.0. The first-order chi connectivity index (χ1) is 15.0. The quantitative estimate of drug-likeness (QED) is 0.542. The van der Waals surface area contributed by atoms with Gasteiger partial charge in [0, 0.05) is 25.8 Å². The Hall–Kier alpha value is -2.72. The van der Waals surface area contributed by atoms with Crippen molar-refractivity contribution < 1.29 is 17.6 Å². The van der Waals surface area contributed by atoms with Crippen molar-refractivity contribution in [3.05, 3.63) is 51.9 Å². The van der Waals surface area contributed by atoms with E-state index in [2.05, 4.69) is 9.71 Å². The standard InChI is InChI=1S/C22H27FN4O3S2/c1-7-27(8-2)22(28)20-14(4)24-21(31-20)18-12-19(15(5)26(18)6)32(29,30)25-17-10-9-16(23)11-13(17)3/h9-12,25H,7-8H2,1-6H3. The van der Waals surface area contributed by atoms with Crippen LogP contribution in [0.5, 0.6) is 0 Å². The molecule has 0 fully saturated rings. The molecule has 0 aliphatic rings. The number of rotatable bonds is 7. The number of benzene rings is 1. The first kappa shape index (κ1) is 23.9. The van der Waals surface area contributed by atoms with Crippen molar-refractivity contribution in [3.8, 4) is 10.7 Å². The summed E-state index contributed by atoms with van der Waals surface area (Å²) in [6.45, 7) is 10.2. The van der Waals surface area contributed by atoms with Gasteiger partial charge in [-0.05, 0) is 64.4 Å². The molecule has 1 amide bonds. The molecule has 2 aromatic heterocycles. The first-order valence-corrected chi connectivity index (χ1v) is 12.5. The zero-order chi connectivity index (χ0) is 23.8. The van der Waals surface area contributed by atoms with Crippen LogP contribution >= 0.6 is 11.3 Å². The molecule has 0 spiro atoms. The van der Waals surface area contributed by atoms with Gasteiger partial charge in [-0.3, -0.25) is 9.52 Å². The van der Waals surface area contributed by atoms with E-state index in [0.717, 1.165) is 0 Å². The van der Waals surface area contributed by atoms with Crippen LogP contribution in [0.2, 0.25) is 0 Å². The molecule has 7 nitrogen and oxygen atoms in total. The van der Waals surface area contributed by atoms with Gasteiger partial charge in [-0.2, -0.15) is 0 Å². The van der Waals surface area contributed by atoms with Gasteiger partial charge in [-0.15, -0.1) is 11.3 Å². The molecular formula is C22H27FN4O3S2. The first-order valence-electron chi connectivity index (χ1n) is 10.2. The number of anilines is 1. The summed E-state index contributed by atoms with van der Waals surface area (Å²) in [7, 11) is -2.16. The van der Waals surface area contributed by atoms with Gasteiger partial charge in [0.1, 0.15) is 20.6 Å². The summed E-state index contributed by atoms with van der Waals surface area (Å²) in [4.78, 5) is 19.7. The predicted octanol–water partition coefficient (Wildman–Crippen LogP) is 4.50. The highest BCUT2D eigenvalue weighted by molar-refractivity contribution is 7.92. The van der Waals surface area contributed by atoms with Crippen molar-refractivity contribution in [2.45, 2.75) is 39.5 Å². The fourth-order valence-electron chi connectivity index (χ4n) is 3.45. The molecule has 172 valence electrons. The van der Waals surface area contributed by atoms with Crippen LogP contribution in [0.4, 0.5) is 10.1 Å². The third-order valence-corrected chi connectivity index (χ3v) is 8.12. The van der Waals surface area contributed by atoms with Gasteiger partial charge in [-0.25, -0.2) is 17.8 Å². The highest BCUT2D eigenvalue weighted by atomic mass is 32.2. The Morgan fingerprint density at radius 1 is 1.19 bits per heavy atom. The second-order valence-electron chi connectivity index (χ2n) is 7.51. The molecule has 3 rings (SSSR count). The highest BCUT2D eigenvalue weighted by Gasteiger charge is 2.26. The number of halogens is 1. The number of aryl methyl sites for hydroxylation is 2. The Bertz CT molecular complexity index is 1270. The van der Waals surface area contributed by atoms with Gasteiger partial charge in [0.15, 0.2) is 0 Å². The van der Waals surface area contributed by atoms with Gasteiger partial charge < -0.3 is 9.47 Å². The molecule has 0 aliphatic carbocycles. The van der Waals surface area contributed by atoms with E-state index in [0.29, 0.717) is 51.3 Å². The van der Waals surface area contributed by atoms with Crippen molar-refractivity contribution in [1.82, 2.24) is 14.5 Å². The van der Waals surface area contributed by atoms with Crippen molar-refractivity contribution in [1.29, 1.82) is 0 Å². The second-order valence-corrected chi connectivity index (χ2v) is 10.2. The normalized spacial score (nSPS) is 11.6. The molecule has 0 bridgehead atoms. The lowest BCUT2D eigenvalue weighted by molar-refractivity contribution is 0.0777. The minimum absolute atomic E-state index is 0.0801. The molecule has 32 heavy (non-hydrogen) atoms. The number of hydrogen-bond donors (Lipinski definition) is 1. The Balaban J connectivity index is 2.00. The molecule has 2 heterocycles. The Morgan fingerprint density at radius 3 is 2.44 bits per heavy atom. The predicted molar refractivity (Wildman–Crippen MR) is 125 cm³/mol. The molecule has 0 unspecified atom stereocenters. The number of hydrogen-bond acceptors (Lipinski definition) is 5. The average molecular weight is 479 g/mol. The molecule has 0 radical (unpaired) electrons. The summed E-state index contributed by atoms with van der Waals surface area (Å²) in [6, 6.07) is 5.44. The monoisotopic (exact) mass is 478 g/mol. The molecule has 10 heteroatoms. The van der Waals surface area contributed by atoms with Crippen molar-refractivity contribution in [3.63, 3.8) is 0 Å². The second kappa shape index (κ2) is 9.03. The molecule has 1 aromatic carbocycles. The van der Waals surface area contributed by atoms with E-state index in [1.54, 1.807) is 43.4 Å². The van der Waals surface area contributed by atoms with Crippen molar-refractivity contribution in [2.75, 3.05) is 17.8 Å². The Kier molecular flexibility index (Phi) is 6.75. The summed E-state index contributed by atoms with van der Waals surface area (Å²) in [5, 5.41) is 0.572. The summed E-state index contributed by atoms with van der Waals surface area (Å²) >= 11 is 1.25. The number of aromatic nitrogens is 2. The summed E-state index contributed by atoms with van der Waals surface area (Å²) in [5.41, 5.74) is 2.54. The number of thiazole rings is 1. The number of amides is 1. The Labute approximate surface area is 192 Å². The highest BCUT2D eigenvalue weighted by Crippen LogP contribution is 2.33. The maximum Gasteiger partial charge on any atom is 0.265 e. The van der Waals surface area contributed by atoms with Gasteiger partial charge >= 0.3 is 0 Å². The number of nitrogens with zero attached hydrogens (tertiary/aromatic N) is 3. The van der Waals surface area contributed by atoms with Crippen LogP contribution in [0.25, 0.3) is 10.7 Å². The lowest BCUT2D eigenvalue weighted by Crippen LogP contribution is -2.30. The molecule has 3 aromatic rings. The lowest BCUT2D eigenvalue weighted by atomic mass is 10.2. The molecular weight excluding hydrogens is 451 g/mol. The average Bonchev–Trinajstić information content (AvgIpc) is 3.25. The smallest absolute Gasteiger partial charge is 0.265 e. The van der Waals surface area contributed by atoms with E-state index in [4.69, 9.17) is 0 Å². The van der Waals surface area contributed by atoms with Crippen LogP contribution < -0.4 is 4.72 Å². The van der Waals surface area contributed by atoms with E-state index in [1.165, 1.54) is 29.5 Å². The maximum atomic E-state index is 13.4. The number of carbonyl (C=O) groups excluding carboxylic acids is 1. The van der Waals surface area contributed by atoms with Crippen LogP contribution in [-0.4, -0.2) is 41.9 Å². The van der Waals surface area contributed by atoms with Crippen molar-refractivity contribution in [2.24, 2.45) is 7.05 Å². The van der Waals surface area contributed by atoms with Gasteiger partial charge in [0.05, 0.1) is 17.1 Å². The van der Waals surface area contributed by atoms with Gasteiger partial charge in [0.25, 0.3) is 15.9 Å². The fraction of sp³-hybridized carbons (Fsp3) is 0.364. The molecule has 0 saturated carbocycles. The van der Waals surface area contributed by atoms with Crippen LogP contribution in [0.15, 0.2) is 29.2 Å². The molecule has 0 atom stereocenters. The zero-order valence-corrected chi connectivity index (χ0v) is 20.6. The Morgan fingerprint density at radius 2 is 1.84 bits per heavy atom. The maximum absolute atomic E-state index is 13.4. The summed E-state index contributed by atoms with van der Waals surface area (Å²) < 4.78 is 43.9. The van der Waals surface area contributed by atoms with Crippen LogP contribution in [-0.2, 0) is 17.1 Å². The van der Waals surface area contributed by atoms with E-state index in [-0.39, 0.29) is 10.8 Å². The van der Waals surface area contributed by atoms with Crippen LogP contribution in [0, 0.1) is 26.6 Å². The number of sulfonamides is 1. The molecule has 0 saturated heterocycles. The van der Waals surface area contributed by atoms with Crippen molar-refractivity contribution >= 4 is 33.0 Å². The SMILES string of the molecule is CCN(CC)C(=O)c1sc(-c2cc(S(=O)(=O)Nc3ccc(F)cc3C)c(C)n2C)nc1C. The van der Waals surface area contributed by atoms with Crippen LogP contribution in [0.1, 0.15) is 40.5 Å².